The fourth-order valence-corrected chi connectivity index (χ4v) is 5.49. The third kappa shape index (κ3) is 5.66. The zero-order valence-corrected chi connectivity index (χ0v) is 22.6. The van der Waals surface area contributed by atoms with Gasteiger partial charge in [0.1, 0.15) is 24.0 Å². The lowest BCUT2D eigenvalue weighted by molar-refractivity contribution is -0.122. The highest BCUT2D eigenvalue weighted by atomic mass is 32.2. The van der Waals surface area contributed by atoms with Crippen molar-refractivity contribution in [1.82, 2.24) is 9.47 Å². The smallest absolute Gasteiger partial charge is 0.266 e. The summed E-state index contributed by atoms with van der Waals surface area (Å²) < 4.78 is 35.1. The molecule has 5 rings (SSSR count). The van der Waals surface area contributed by atoms with Gasteiger partial charge in [0.15, 0.2) is 5.17 Å². The van der Waals surface area contributed by atoms with Crippen molar-refractivity contribution >= 4 is 34.6 Å². The molecule has 1 aliphatic heterocycles. The Balaban J connectivity index is 1.36. The van der Waals surface area contributed by atoms with Gasteiger partial charge >= 0.3 is 0 Å². The van der Waals surface area contributed by atoms with E-state index in [2.05, 4.69) is 9.56 Å². The number of thioether (sulfide) groups is 1. The third-order valence-corrected chi connectivity index (χ3v) is 7.47. The van der Waals surface area contributed by atoms with Gasteiger partial charge in [0, 0.05) is 29.2 Å². The number of carbonyl (C=O) groups excluding carboxylic acids is 1. The second kappa shape index (κ2) is 11.3. The Morgan fingerprint density at radius 3 is 2.38 bits per heavy atom. The summed E-state index contributed by atoms with van der Waals surface area (Å²) >= 11 is 1.31. The molecule has 0 atom stereocenters. The summed E-state index contributed by atoms with van der Waals surface area (Å²) in [4.78, 5) is 19.9. The second-order valence-corrected chi connectivity index (χ2v) is 10.1. The van der Waals surface area contributed by atoms with Gasteiger partial charge in [-0.25, -0.2) is 13.8 Å². The molecule has 5 nitrogen and oxygen atoms in total. The van der Waals surface area contributed by atoms with E-state index in [0.717, 1.165) is 22.6 Å². The van der Waals surface area contributed by atoms with E-state index in [0.29, 0.717) is 33.6 Å². The number of rotatable bonds is 7. The minimum Gasteiger partial charge on any atom is -0.489 e. The van der Waals surface area contributed by atoms with Crippen LogP contribution < -0.4 is 4.74 Å². The third-order valence-electron chi connectivity index (χ3n) is 6.46. The number of aryl methyl sites for hydroxylation is 1. The van der Waals surface area contributed by atoms with Crippen LogP contribution in [0.3, 0.4) is 0 Å². The lowest BCUT2D eigenvalue weighted by Crippen LogP contribution is -2.28. The van der Waals surface area contributed by atoms with Crippen molar-refractivity contribution in [3.63, 3.8) is 0 Å². The second-order valence-electron chi connectivity index (χ2n) is 9.07. The van der Waals surface area contributed by atoms with Crippen LogP contribution in [0.25, 0.3) is 11.8 Å². The largest absolute Gasteiger partial charge is 0.489 e. The van der Waals surface area contributed by atoms with Crippen LogP contribution >= 0.6 is 11.8 Å². The zero-order valence-electron chi connectivity index (χ0n) is 21.8. The van der Waals surface area contributed by atoms with Crippen LogP contribution in [0.15, 0.2) is 88.8 Å². The molecule has 1 aliphatic rings. The number of likely N-dealkylation sites (N-methyl/N-ethyl adjacent to an activating group) is 1. The predicted octanol–water partition coefficient (Wildman–Crippen LogP) is 7.58. The van der Waals surface area contributed by atoms with E-state index in [-0.39, 0.29) is 24.1 Å². The topological polar surface area (TPSA) is 46.8 Å². The summed E-state index contributed by atoms with van der Waals surface area (Å²) in [6.45, 7) is 6.56. The molecule has 3 aromatic carbocycles. The number of aromatic nitrogens is 1. The van der Waals surface area contributed by atoms with E-state index < -0.39 is 0 Å². The first-order valence-corrected chi connectivity index (χ1v) is 13.4. The summed E-state index contributed by atoms with van der Waals surface area (Å²) in [6.07, 6.45) is 1.90. The zero-order chi connectivity index (χ0) is 27.5. The number of halogens is 2. The van der Waals surface area contributed by atoms with Gasteiger partial charge in [-0.05, 0) is 105 Å². The number of amides is 1. The van der Waals surface area contributed by atoms with Gasteiger partial charge < -0.3 is 9.30 Å². The Bertz CT molecular complexity index is 1570. The molecule has 1 saturated heterocycles. The molecule has 0 spiro atoms. The molecule has 0 saturated carbocycles. The summed E-state index contributed by atoms with van der Waals surface area (Å²) in [7, 11) is 0. The molecule has 39 heavy (non-hydrogen) atoms. The Labute approximate surface area is 230 Å². The Morgan fingerprint density at radius 2 is 1.69 bits per heavy atom. The SMILES string of the molecule is CCN1C(=O)/C(=C\c2cc(C)n(-c3ccc(OCc4ccccc4F)cc3)c2C)SC1=Nc1ccc(F)cc1. The van der Waals surface area contributed by atoms with Crippen LogP contribution in [0.2, 0.25) is 0 Å². The normalized spacial score (nSPS) is 15.5. The number of amidine groups is 1. The van der Waals surface area contributed by atoms with Gasteiger partial charge in [0.25, 0.3) is 5.91 Å². The van der Waals surface area contributed by atoms with Crippen LogP contribution in [-0.2, 0) is 11.4 Å². The molecule has 4 aromatic rings. The van der Waals surface area contributed by atoms with Crippen LogP contribution in [0, 0.1) is 25.5 Å². The standard InChI is InChI=1S/C31H27F2N3O2S/c1-4-35-30(37)29(39-31(35)34-25-11-9-24(32)10-12-25)18-23-17-20(2)36(21(23)3)26-13-15-27(16-14-26)38-19-22-7-5-6-8-28(22)33/h5-18H,4,19H2,1-3H3/b29-18+,34-31?. The minimum atomic E-state index is -0.331. The highest BCUT2D eigenvalue weighted by Gasteiger charge is 2.32. The monoisotopic (exact) mass is 543 g/mol. The van der Waals surface area contributed by atoms with Gasteiger partial charge in [-0.2, -0.15) is 0 Å². The molecule has 0 bridgehead atoms. The molecule has 1 aromatic heterocycles. The molecule has 1 amide bonds. The first kappa shape index (κ1) is 26.4. The molecule has 8 heteroatoms. The van der Waals surface area contributed by atoms with E-state index in [1.54, 1.807) is 35.2 Å². The van der Waals surface area contributed by atoms with E-state index in [4.69, 9.17) is 4.74 Å². The number of ether oxygens (including phenoxy) is 1. The van der Waals surface area contributed by atoms with Crippen molar-refractivity contribution in [1.29, 1.82) is 0 Å². The molecule has 1 fully saturated rings. The summed E-state index contributed by atoms with van der Waals surface area (Å²) in [5.41, 5.74) is 4.98. The number of hydrogen-bond acceptors (Lipinski definition) is 4. The minimum absolute atomic E-state index is 0.107. The van der Waals surface area contributed by atoms with Crippen LogP contribution in [0.1, 0.15) is 29.4 Å². The van der Waals surface area contributed by atoms with E-state index in [1.165, 1.54) is 30.0 Å². The van der Waals surface area contributed by atoms with Crippen molar-refractivity contribution in [2.24, 2.45) is 4.99 Å². The average molecular weight is 544 g/mol. The average Bonchev–Trinajstić information content (AvgIpc) is 3.38. The molecular formula is C31H27F2N3O2S. The quantitative estimate of drug-likeness (QED) is 0.226. The van der Waals surface area contributed by atoms with Crippen molar-refractivity contribution in [2.45, 2.75) is 27.4 Å². The molecular weight excluding hydrogens is 516 g/mol. The fourth-order valence-electron chi connectivity index (χ4n) is 4.44. The highest BCUT2D eigenvalue weighted by Crippen LogP contribution is 2.35. The lowest BCUT2D eigenvalue weighted by atomic mass is 10.2. The van der Waals surface area contributed by atoms with Crippen molar-refractivity contribution in [2.75, 3.05) is 6.54 Å². The Morgan fingerprint density at radius 1 is 0.974 bits per heavy atom. The van der Waals surface area contributed by atoms with Crippen LogP contribution in [0.5, 0.6) is 5.75 Å². The van der Waals surface area contributed by atoms with Gasteiger partial charge in [-0.15, -0.1) is 0 Å². The summed E-state index contributed by atoms with van der Waals surface area (Å²) in [5.74, 6) is -0.0804. The van der Waals surface area contributed by atoms with Crippen molar-refractivity contribution in [3.8, 4) is 11.4 Å². The number of hydrogen-bond donors (Lipinski definition) is 0. The molecule has 0 N–H and O–H groups in total. The van der Waals surface area contributed by atoms with Crippen LogP contribution in [0.4, 0.5) is 14.5 Å². The van der Waals surface area contributed by atoms with Gasteiger partial charge in [-0.1, -0.05) is 18.2 Å². The number of benzene rings is 3. The maximum absolute atomic E-state index is 13.9. The first-order chi connectivity index (χ1) is 18.8. The number of nitrogens with zero attached hydrogens (tertiary/aromatic N) is 3. The maximum atomic E-state index is 13.9. The van der Waals surface area contributed by atoms with Crippen molar-refractivity contribution < 1.29 is 18.3 Å². The Hall–Kier alpha value is -4.17. The fraction of sp³-hybridized carbons (Fsp3) is 0.161. The first-order valence-electron chi connectivity index (χ1n) is 12.6. The van der Waals surface area contributed by atoms with Gasteiger partial charge in [0.05, 0.1) is 10.6 Å². The maximum Gasteiger partial charge on any atom is 0.266 e. The van der Waals surface area contributed by atoms with Gasteiger partial charge in [0.2, 0.25) is 0 Å². The molecule has 0 aliphatic carbocycles. The van der Waals surface area contributed by atoms with E-state index >= 15 is 0 Å². The van der Waals surface area contributed by atoms with Crippen LogP contribution in [-0.4, -0.2) is 27.1 Å². The highest BCUT2D eigenvalue weighted by molar-refractivity contribution is 8.18. The molecule has 0 unspecified atom stereocenters. The molecule has 0 radical (unpaired) electrons. The predicted molar refractivity (Wildman–Crippen MR) is 152 cm³/mol. The summed E-state index contributed by atoms with van der Waals surface area (Å²) in [6, 6.07) is 22.1. The van der Waals surface area contributed by atoms with E-state index in [1.807, 2.05) is 57.2 Å². The number of carbonyl (C=O) groups is 1. The van der Waals surface area contributed by atoms with Crippen molar-refractivity contribution in [3.05, 3.63) is 118 Å². The van der Waals surface area contributed by atoms with E-state index in [9.17, 15) is 13.6 Å². The molecule has 198 valence electrons. The molecule has 2 heterocycles. The van der Waals surface area contributed by atoms with Gasteiger partial charge in [-0.3, -0.25) is 9.69 Å². The Kier molecular flexibility index (Phi) is 7.65. The lowest BCUT2D eigenvalue weighted by Gasteiger charge is -2.12. The number of aliphatic imine (C=N–C) groups is 1. The summed E-state index contributed by atoms with van der Waals surface area (Å²) in [5, 5.41) is 0.570.